The molecule has 1 aromatic rings. The third kappa shape index (κ3) is 4.88. The van der Waals surface area contributed by atoms with Crippen molar-refractivity contribution < 1.29 is 18.3 Å². The first-order valence-electron chi connectivity index (χ1n) is 6.11. The Morgan fingerprint density at radius 2 is 2.00 bits per heavy atom. The third-order valence-corrected chi connectivity index (χ3v) is 2.28. The van der Waals surface area contributed by atoms with Gasteiger partial charge in [-0.15, -0.1) is 0 Å². The summed E-state index contributed by atoms with van der Waals surface area (Å²) >= 11 is 0. The Morgan fingerprint density at radius 3 is 2.60 bits per heavy atom. The van der Waals surface area contributed by atoms with Crippen molar-refractivity contribution in [3.05, 3.63) is 34.9 Å². The van der Waals surface area contributed by atoms with E-state index in [1.807, 2.05) is 0 Å². The van der Waals surface area contributed by atoms with Crippen LogP contribution in [-0.4, -0.2) is 18.2 Å². The fourth-order valence-electron chi connectivity index (χ4n) is 1.36. The normalized spacial score (nSPS) is 10.5. The van der Waals surface area contributed by atoms with Crippen LogP contribution in [0.5, 0.6) is 0 Å². The predicted molar refractivity (Wildman–Crippen MR) is 72.2 cm³/mol. The minimum Gasteiger partial charge on any atom is -0.444 e. The summed E-state index contributed by atoms with van der Waals surface area (Å²) < 4.78 is 31.2. The van der Waals surface area contributed by atoms with Crippen LogP contribution in [0.25, 0.3) is 0 Å². The van der Waals surface area contributed by atoms with Gasteiger partial charge in [0, 0.05) is 11.1 Å². The van der Waals surface area contributed by atoms with Crippen molar-refractivity contribution in [3.63, 3.8) is 0 Å². The topological polar surface area (TPSA) is 38.3 Å². The number of carbonyl (C=O) groups excluding carboxylic acids is 1. The molecule has 0 aliphatic heterocycles. The van der Waals surface area contributed by atoms with Gasteiger partial charge in [0.25, 0.3) is 0 Å². The molecule has 3 nitrogen and oxygen atoms in total. The van der Waals surface area contributed by atoms with Gasteiger partial charge in [0.05, 0.1) is 6.54 Å². The van der Waals surface area contributed by atoms with Crippen molar-refractivity contribution in [3.8, 4) is 11.8 Å². The minimum absolute atomic E-state index is 0.0628. The Balaban J connectivity index is 2.60. The largest absolute Gasteiger partial charge is 0.444 e. The molecular weight excluding hydrogens is 264 g/mol. The fourth-order valence-corrected chi connectivity index (χ4v) is 1.36. The predicted octanol–water partition coefficient (Wildman–Crippen LogP) is 3.15. The number of rotatable bonds is 1. The molecule has 0 fully saturated rings. The summed E-state index contributed by atoms with van der Waals surface area (Å²) in [6, 6.07) is 2.42. The standard InChI is InChI=1S/C15H17F2NO2/c1-10-11(7-8-12(16)13(10)17)6-5-9-18-14(19)20-15(2,3)4/h7-8H,9H2,1-4H3,(H,18,19). The van der Waals surface area contributed by atoms with Crippen molar-refractivity contribution in [2.75, 3.05) is 6.54 Å². The number of ether oxygens (including phenoxy) is 1. The van der Waals surface area contributed by atoms with Crippen LogP contribution in [0.4, 0.5) is 13.6 Å². The lowest BCUT2D eigenvalue weighted by atomic mass is 10.1. The van der Waals surface area contributed by atoms with Gasteiger partial charge in [-0.05, 0) is 39.8 Å². The molecule has 0 aromatic heterocycles. The highest BCUT2D eigenvalue weighted by Gasteiger charge is 2.15. The van der Waals surface area contributed by atoms with E-state index in [2.05, 4.69) is 17.2 Å². The van der Waals surface area contributed by atoms with E-state index in [1.165, 1.54) is 13.0 Å². The van der Waals surface area contributed by atoms with E-state index in [4.69, 9.17) is 4.74 Å². The van der Waals surface area contributed by atoms with Crippen LogP contribution in [0.2, 0.25) is 0 Å². The first-order chi connectivity index (χ1) is 9.20. The maximum atomic E-state index is 13.3. The Morgan fingerprint density at radius 1 is 1.35 bits per heavy atom. The molecular formula is C15H17F2NO2. The number of benzene rings is 1. The van der Waals surface area contributed by atoms with Crippen LogP contribution >= 0.6 is 0 Å². The SMILES string of the molecule is Cc1c(C#CCNC(=O)OC(C)(C)C)ccc(F)c1F. The first kappa shape index (κ1) is 16.0. The molecule has 0 atom stereocenters. The van der Waals surface area contributed by atoms with E-state index in [1.54, 1.807) is 20.8 Å². The molecule has 0 radical (unpaired) electrons. The molecule has 0 aliphatic carbocycles. The second kappa shape index (κ2) is 6.38. The van der Waals surface area contributed by atoms with Gasteiger partial charge in [0.15, 0.2) is 11.6 Å². The quantitative estimate of drug-likeness (QED) is 0.803. The molecule has 0 heterocycles. The first-order valence-corrected chi connectivity index (χ1v) is 6.11. The summed E-state index contributed by atoms with van der Waals surface area (Å²) in [7, 11) is 0. The summed E-state index contributed by atoms with van der Waals surface area (Å²) in [6.07, 6.45) is -0.575. The van der Waals surface area contributed by atoms with Crippen molar-refractivity contribution in [2.45, 2.75) is 33.3 Å². The number of alkyl carbamates (subject to hydrolysis) is 1. The lowest BCUT2D eigenvalue weighted by molar-refractivity contribution is 0.0535. The van der Waals surface area contributed by atoms with Gasteiger partial charge in [-0.1, -0.05) is 11.8 Å². The number of halogens is 2. The van der Waals surface area contributed by atoms with Crippen LogP contribution < -0.4 is 5.32 Å². The van der Waals surface area contributed by atoms with Crippen LogP contribution in [0.15, 0.2) is 12.1 Å². The zero-order chi connectivity index (χ0) is 15.3. The van der Waals surface area contributed by atoms with Crippen molar-refractivity contribution in [1.29, 1.82) is 0 Å². The maximum absolute atomic E-state index is 13.3. The fraction of sp³-hybridized carbons (Fsp3) is 0.400. The summed E-state index contributed by atoms with van der Waals surface area (Å²) in [6.45, 7) is 6.77. The van der Waals surface area contributed by atoms with Gasteiger partial charge in [-0.3, -0.25) is 0 Å². The second-order valence-electron chi connectivity index (χ2n) is 5.19. The van der Waals surface area contributed by atoms with Gasteiger partial charge >= 0.3 is 6.09 Å². The van der Waals surface area contributed by atoms with Crippen LogP contribution in [-0.2, 0) is 4.74 Å². The molecule has 5 heteroatoms. The summed E-state index contributed by atoms with van der Waals surface area (Å²) in [5.41, 5.74) is -0.0431. The van der Waals surface area contributed by atoms with Crippen molar-refractivity contribution in [1.82, 2.24) is 5.32 Å². The highest BCUT2D eigenvalue weighted by Crippen LogP contribution is 2.14. The molecule has 1 aromatic carbocycles. The van der Waals surface area contributed by atoms with Gasteiger partial charge in [0.2, 0.25) is 0 Å². The summed E-state index contributed by atoms with van der Waals surface area (Å²) in [4.78, 5) is 11.3. The van der Waals surface area contributed by atoms with Crippen LogP contribution in [0.1, 0.15) is 31.9 Å². The molecule has 108 valence electrons. The molecule has 0 aliphatic rings. The number of amides is 1. The molecule has 1 rings (SSSR count). The van der Waals surface area contributed by atoms with E-state index in [0.717, 1.165) is 6.07 Å². The number of hydrogen-bond acceptors (Lipinski definition) is 2. The van der Waals surface area contributed by atoms with Crippen molar-refractivity contribution in [2.24, 2.45) is 0 Å². The molecule has 0 bridgehead atoms. The zero-order valence-electron chi connectivity index (χ0n) is 11.9. The summed E-state index contributed by atoms with van der Waals surface area (Å²) in [5.74, 6) is 3.52. The molecule has 0 spiro atoms. The average molecular weight is 281 g/mol. The molecule has 1 N–H and O–H groups in total. The number of carbonyl (C=O) groups is 1. The Bertz CT molecular complexity index is 566. The second-order valence-corrected chi connectivity index (χ2v) is 5.19. The Kier molecular flexibility index (Phi) is 5.09. The Labute approximate surface area is 117 Å². The highest BCUT2D eigenvalue weighted by atomic mass is 19.2. The molecule has 1 amide bonds. The number of hydrogen-bond donors (Lipinski definition) is 1. The monoisotopic (exact) mass is 281 g/mol. The lowest BCUT2D eigenvalue weighted by Crippen LogP contribution is -2.32. The van der Waals surface area contributed by atoms with E-state index in [9.17, 15) is 13.6 Å². The Hall–Kier alpha value is -2.09. The molecule has 0 unspecified atom stereocenters. The van der Waals surface area contributed by atoms with E-state index < -0.39 is 23.3 Å². The third-order valence-electron chi connectivity index (χ3n) is 2.28. The maximum Gasteiger partial charge on any atom is 0.408 e. The molecule has 20 heavy (non-hydrogen) atoms. The number of nitrogens with one attached hydrogen (secondary N) is 1. The minimum atomic E-state index is -0.906. The highest BCUT2D eigenvalue weighted by molar-refractivity contribution is 5.68. The van der Waals surface area contributed by atoms with Crippen LogP contribution in [0, 0.1) is 30.4 Å². The smallest absolute Gasteiger partial charge is 0.408 e. The van der Waals surface area contributed by atoms with Gasteiger partial charge in [-0.2, -0.15) is 0 Å². The lowest BCUT2D eigenvalue weighted by Gasteiger charge is -2.19. The molecule has 0 saturated carbocycles. The molecule has 0 saturated heterocycles. The van der Waals surface area contributed by atoms with Gasteiger partial charge in [-0.25, -0.2) is 13.6 Å². The van der Waals surface area contributed by atoms with Gasteiger partial charge < -0.3 is 10.1 Å². The van der Waals surface area contributed by atoms with E-state index in [0.29, 0.717) is 5.56 Å². The van der Waals surface area contributed by atoms with E-state index in [-0.39, 0.29) is 12.1 Å². The average Bonchev–Trinajstić information content (AvgIpc) is 2.32. The summed E-state index contributed by atoms with van der Waals surface area (Å²) in [5, 5.41) is 2.45. The van der Waals surface area contributed by atoms with Gasteiger partial charge in [0.1, 0.15) is 5.60 Å². The zero-order valence-corrected chi connectivity index (χ0v) is 11.9. The van der Waals surface area contributed by atoms with E-state index >= 15 is 0 Å². The van der Waals surface area contributed by atoms with Crippen LogP contribution in [0.3, 0.4) is 0 Å². The van der Waals surface area contributed by atoms with Crippen molar-refractivity contribution >= 4 is 6.09 Å².